The van der Waals surface area contributed by atoms with Crippen molar-refractivity contribution in [3.05, 3.63) is 39.8 Å². The molecule has 0 atom stereocenters. The van der Waals surface area contributed by atoms with Crippen LogP contribution < -0.4 is 5.32 Å². The first kappa shape index (κ1) is 11.9. The van der Waals surface area contributed by atoms with Crippen molar-refractivity contribution >= 4 is 17.2 Å². The second-order valence-corrected chi connectivity index (χ2v) is 4.68. The number of hydrogen-bond donors (Lipinski definition) is 1. The van der Waals surface area contributed by atoms with Crippen LogP contribution in [0.25, 0.3) is 0 Å². The van der Waals surface area contributed by atoms with Gasteiger partial charge in [0.25, 0.3) is 5.91 Å². The summed E-state index contributed by atoms with van der Waals surface area (Å²) in [5.41, 5.74) is 2.80. The third-order valence-corrected chi connectivity index (χ3v) is 3.49. The van der Waals surface area contributed by atoms with E-state index in [9.17, 15) is 4.79 Å². The van der Waals surface area contributed by atoms with Crippen molar-refractivity contribution in [1.82, 2.24) is 15.1 Å². The molecule has 0 saturated heterocycles. The average Bonchev–Trinajstić information content (AvgIpc) is 2.91. The van der Waals surface area contributed by atoms with E-state index >= 15 is 0 Å². The van der Waals surface area contributed by atoms with E-state index < -0.39 is 0 Å². The molecule has 0 aliphatic heterocycles. The Hall–Kier alpha value is -1.62. The summed E-state index contributed by atoms with van der Waals surface area (Å²) >= 11 is 1.67. The molecular weight excluding hydrogens is 234 g/mol. The Labute approximate surface area is 104 Å². The minimum atomic E-state index is -0.0502. The highest BCUT2D eigenvalue weighted by atomic mass is 32.1. The summed E-state index contributed by atoms with van der Waals surface area (Å²) in [6, 6.07) is 2.08. The van der Waals surface area contributed by atoms with Crippen LogP contribution in [0, 0.1) is 6.92 Å². The number of hydrogen-bond acceptors (Lipinski definition) is 3. The molecule has 2 aromatic heterocycles. The van der Waals surface area contributed by atoms with Gasteiger partial charge in [-0.1, -0.05) is 0 Å². The summed E-state index contributed by atoms with van der Waals surface area (Å²) in [6.07, 6.45) is 2.48. The fourth-order valence-electron chi connectivity index (χ4n) is 1.57. The van der Waals surface area contributed by atoms with Gasteiger partial charge in [-0.3, -0.25) is 9.48 Å². The second-order valence-electron chi connectivity index (χ2n) is 3.90. The Bertz CT molecular complexity index is 502. The number of amides is 1. The molecule has 17 heavy (non-hydrogen) atoms. The maximum absolute atomic E-state index is 11.8. The molecule has 90 valence electrons. The molecule has 4 nitrogen and oxygen atoms in total. The van der Waals surface area contributed by atoms with E-state index in [-0.39, 0.29) is 5.91 Å². The Morgan fingerprint density at radius 3 is 3.00 bits per heavy atom. The fraction of sp³-hybridized carbons (Fsp3) is 0.333. The van der Waals surface area contributed by atoms with Gasteiger partial charge < -0.3 is 5.32 Å². The van der Waals surface area contributed by atoms with E-state index in [4.69, 9.17) is 0 Å². The number of carbonyl (C=O) groups is 1. The van der Waals surface area contributed by atoms with Crippen LogP contribution in [0.3, 0.4) is 0 Å². The van der Waals surface area contributed by atoms with Crippen LogP contribution in [0.4, 0.5) is 0 Å². The van der Waals surface area contributed by atoms with E-state index in [1.54, 1.807) is 22.2 Å². The van der Waals surface area contributed by atoms with E-state index in [0.29, 0.717) is 12.1 Å². The summed E-state index contributed by atoms with van der Waals surface area (Å²) in [4.78, 5) is 11.8. The van der Waals surface area contributed by atoms with E-state index in [2.05, 4.69) is 21.9 Å². The molecule has 2 aromatic rings. The lowest BCUT2D eigenvalue weighted by atomic mass is 10.2. The number of aryl methyl sites for hydroxylation is 1. The van der Waals surface area contributed by atoms with Crippen LogP contribution in [-0.4, -0.2) is 22.2 Å². The first-order valence-electron chi connectivity index (χ1n) is 5.46. The fourth-order valence-corrected chi connectivity index (χ4v) is 2.28. The van der Waals surface area contributed by atoms with Gasteiger partial charge >= 0.3 is 0 Å². The summed E-state index contributed by atoms with van der Waals surface area (Å²) in [5, 5.41) is 11.1. The quantitative estimate of drug-likeness (QED) is 0.897. The van der Waals surface area contributed by atoms with Gasteiger partial charge in [-0.15, -0.1) is 0 Å². The zero-order valence-corrected chi connectivity index (χ0v) is 10.8. The molecule has 1 amide bonds. The summed E-state index contributed by atoms with van der Waals surface area (Å²) in [7, 11) is 1.83. The van der Waals surface area contributed by atoms with Crippen molar-refractivity contribution in [2.75, 3.05) is 6.54 Å². The van der Waals surface area contributed by atoms with Crippen molar-refractivity contribution < 1.29 is 4.79 Å². The lowest BCUT2D eigenvalue weighted by Crippen LogP contribution is -2.26. The maximum Gasteiger partial charge on any atom is 0.254 e. The van der Waals surface area contributed by atoms with Crippen LogP contribution in [0.2, 0.25) is 0 Å². The van der Waals surface area contributed by atoms with Crippen molar-refractivity contribution in [3.8, 4) is 0 Å². The molecule has 1 N–H and O–H groups in total. The van der Waals surface area contributed by atoms with Crippen LogP contribution in [0.5, 0.6) is 0 Å². The second kappa shape index (κ2) is 5.14. The van der Waals surface area contributed by atoms with Gasteiger partial charge in [-0.25, -0.2) is 0 Å². The number of thiophene rings is 1. The number of nitrogens with zero attached hydrogens (tertiary/aromatic N) is 2. The monoisotopic (exact) mass is 249 g/mol. The molecule has 5 heteroatoms. The molecule has 0 radical (unpaired) electrons. The SMILES string of the molecule is Cc1c(C(=O)NCCc2ccsc2)cnn1C. The van der Waals surface area contributed by atoms with Crippen molar-refractivity contribution in [3.63, 3.8) is 0 Å². The first-order chi connectivity index (χ1) is 8.18. The molecule has 2 rings (SSSR count). The van der Waals surface area contributed by atoms with Crippen LogP contribution in [0.1, 0.15) is 21.6 Å². The molecule has 0 aliphatic rings. The van der Waals surface area contributed by atoms with Crippen LogP contribution in [-0.2, 0) is 13.5 Å². The normalized spacial score (nSPS) is 10.5. The molecule has 2 heterocycles. The molecule has 0 fully saturated rings. The topological polar surface area (TPSA) is 46.9 Å². The largest absolute Gasteiger partial charge is 0.352 e. The Balaban J connectivity index is 1.87. The zero-order chi connectivity index (χ0) is 12.3. The third-order valence-electron chi connectivity index (χ3n) is 2.76. The number of nitrogens with one attached hydrogen (secondary N) is 1. The van der Waals surface area contributed by atoms with Gasteiger partial charge in [-0.2, -0.15) is 16.4 Å². The van der Waals surface area contributed by atoms with E-state index in [0.717, 1.165) is 12.1 Å². The van der Waals surface area contributed by atoms with Gasteiger partial charge in [0.1, 0.15) is 0 Å². The Kier molecular flexibility index (Phi) is 3.58. The molecule has 0 bridgehead atoms. The van der Waals surface area contributed by atoms with Gasteiger partial charge in [0.2, 0.25) is 0 Å². The van der Waals surface area contributed by atoms with Gasteiger partial charge in [0, 0.05) is 19.3 Å². The Morgan fingerprint density at radius 1 is 1.59 bits per heavy atom. The maximum atomic E-state index is 11.8. The van der Waals surface area contributed by atoms with Gasteiger partial charge in [0.15, 0.2) is 0 Å². The highest BCUT2D eigenvalue weighted by Gasteiger charge is 2.11. The number of carbonyl (C=O) groups excluding carboxylic acids is 1. The number of aromatic nitrogens is 2. The lowest BCUT2D eigenvalue weighted by Gasteiger charge is -2.03. The highest BCUT2D eigenvalue weighted by Crippen LogP contribution is 2.07. The highest BCUT2D eigenvalue weighted by molar-refractivity contribution is 7.07. The first-order valence-corrected chi connectivity index (χ1v) is 6.40. The smallest absolute Gasteiger partial charge is 0.254 e. The minimum absolute atomic E-state index is 0.0502. The van der Waals surface area contributed by atoms with Gasteiger partial charge in [-0.05, 0) is 35.7 Å². The average molecular weight is 249 g/mol. The van der Waals surface area contributed by atoms with E-state index in [1.807, 2.05) is 19.4 Å². The molecular formula is C12H15N3OS. The zero-order valence-electron chi connectivity index (χ0n) is 9.93. The van der Waals surface area contributed by atoms with Crippen LogP contribution >= 0.6 is 11.3 Å². The predicted octanol–water partition coefficient (Wildman–Crippen LogP) is 1.76. The predicted molar refractivity (Wildman–Crippen MR) is 68.3 cm³/mol. The molecule has 0 unspecified atom stereocenters. The van der Waals surface area contributed by atoms with Crippen molar-refractivity contribution in [1.29, 1.82) is 0 Å². The van der Waals surface area contributed by atoms with E-state index in [1.165, 1.54) is 5.56 Å². The minimum Gasteiger partial charge on any atom is -0.352 e. The van der Waals surface area contributed by atoms with Crippen molar-refractivity contribution in [2.45, 2.75) is 13.3 Å². The Morgan fingerprint density at radius 2 is 2.41 bits per heavy atom. The third kappa shape index (κ3) is 2.74. The molecule has 0 aliphatic carbocycles. The number of rotatable bonds is 4. The summed E-state index contributed by atoms with van der Waals surface area (Å²) in [5.74, 6) is -0.0502. The standard InChI is InChI=1S/C12H15N3OS/c1-9-11(7-14-15(9)2)12(16)13-5-3-10-4-6-17-8-10/h4,6-8H,3,5H2,1-2H3,(H,13,16). The molecule has 0 saturated carbocycles. The van der Waals surface area contributed by atoms with Gasteiger partial charge in [0.05, 0.1) is 11.8 Å². The summed E-state index contributed by atoms with van der Waals surface area (Å²) < 4.78 is 1.70. The molecule has 0 aromatic carbocycles. The molecule has 0 spiro atoms. The van der Waals surface area contributed by atoms with Crippen LogP contribution in [0.15, 0.2) is 23.0 Å². The summed E-state index contributed by atoms with van der Waals surface area (Å²) in [6.45, 7) is 2.55. The van der Waals surface area contributed by atoms with Crippen molar-refractivity contribution in [2.24, 2.45) is 7.05 Å². The lowest BCUT2D eigenvalue weighted by molar-refractivity contribution is 0.0953.